The fourth-order valence-electron chi connectivity index (χ4n) is 2.01. The van der Waals surface area contributed by atoms with Gasteiger partial charge in [-0.05, 0) is 30.3 Å². The Bertz CT molecular complexity index is 760. The number of halogens is 2. The molecule has 0 N–H and O–H groups in total. The van der Waals surface area contributed by atoms with E-state index in [2.05, 4.69) is 20.9 Å². The molecule has 0 atom stereocenters. The van der Waals surface area contributed by atoms with E-state index in [1.165, 1.54) is 0 Å². The molecular formula is C16H11BrClNO. The normalized spacial score (nSPS) is 10.7. The van der Waals surface area contributed by atoms with Gasteiger partial charge < -0.3 is 4.74 Å². The topological polar surface area (TPSA) is 22.1 Å². The number of benzene rings is 2. The molecule has 0 amide bonds. The average Bonchev–Trinajstić information content (AvgIpc) is 2.47. The van der Waals surface area contributed by atoms with Crippen molar-refractivity contribution in [3.05, 3.63) is 64.8 Å². The lowest BCUT2D eigenvalue weighted by atomic mass is 10.2. The summed E-state index contributed by atoms with van der Waals surface area (Å²) in [7, 11) is 0. The second kappa shape index (κ2) is 5.81. The summed E-state index contributed by atoms with van der Waals surface area (Å²) < 4.78 is 6.96. The summed E-state index contributed by atoms with van der Waals surface area (Å²) in [4.78, 5) is 4.49. The molecular weight excluding hydrogens is 338 g/mol. The van der Waals surface area contributed by atoms with Gasteiger partial charge in [0, 0.05) is 15.9 Å². The molecule has 3 rings (SSSR count). The predicted octanol–water partition coefficient (Wildman–Crippen LogP) is 5.53. The van der Waals surface area contributed by atoms with E-state index in [1.807, 2.05) is 54.6 Å². The lowest BCUT2D eigenvalue weighted by Crippen LogP contribution is -1.92. The highest BCUT2D eigenvalue weighted by Crippen LogP contribution is 2.31. The number of para-hydroxylation sites is 1. The smallest absolute Gasteiger partial charge is 0.138 e. The SMILES string of the molecule is ClCc1cc(Oc2cccc(Br)c2)c2ccccc2n1. The third-order valence-corrected chi connectivity index (χ3v) is 3.66. The van der Waals surface area contributed by atoms with Crippen molar-refractivity contribution in [3.63, 3.8) is 0 Å². The molecule has 0 radical (unpaired) electrons. The van der Waals surface area contributed by atoms with Crippen LogP contribution in [0.2, 0.25) is 0 Å². The number of fused-ring (bicyclic) bond motifs is 1. The molecule has 0 bridgehead atoms. The highest BCUT2D eigenvalue weighted by molar-refractivity contribution is 9.10. The number of pyridine rings is 1. The molecule has 0 aliphatic rings. The van der Waals surface area contributed by atoms with Crippen molar-refractivity contribution < 1.29 is 4.74 Å². The van der Waals surface area contributed by atoms with Gasteiger partial charge in [-0.25, -0.2) is 0 Å². The van der Waals surface area contributed by atoms with Gasteiger partial charge in [0.25, 0.3) is 0 Å². The van der Waals surface area contributed by atoms with E-state index in [9.17, 15) is 0 Å². The summed E-state index contributed by atoms with van der Waals surface area (Å²) in [6, 6.07) is 17.5. The summed E-state index contributed by atoms with van der Waals surface area (Å²) >= 11 is 9.34. The van der Waals surface area contributed by atoms with Gasteiger partial charge in [0.1, 0.15) is 11.5 Å². The van der Waals surface area contributed by atoms with Gasteiger partial charge in [0.05, 0.1) is 17.1 Å². The third kappa shape index (κ3) is 2.79. The molecule has 20 heavy (non-hydrogen) atoms. The van der Waals surface area contributed by atoms with E-state index < -0.39 is 0 Å². The Morgan fingerprint density at radius 1 is 1.05 bits per heavy atom. The van der Waals surface area contributed by atoms with Crippen LogP contribution in [0.3, 0.4) is 0 Å². The summed E-state index contributed by atoms with van der Waals surface area (Å²) in [5.41, 5.74) is 1.69. The Balaban J connectivity index is 2.10. The van der Waals surface area contributed by atoms with Gasteiger partial charge in [-0.2, -0.15) is 0 Å². The first-order valence-corrected chi connectivity index (χ1v) is 7.47. The maximum absolute atomic E-state index is 5.99. The number of hydrogen-bond acceptors (Lipinski definition) is 2. The maximum Gasteiger partial charge on any atom is 0.138 e. The van der Waals surface area contributed by atoms with E-state index in [0.29, 0.717) is 5.88 Å². The zero-order chi connectivity index (χ0) is 13.9. The molecule has 0 aliphatic heterocycles. The van der Waals surface area contributed by atoms with Gasteiger partial charge in [0.2, 0.25) is 0 Å². The highest BCUT2D eigenvalue weighted by atomic mass is 79.9. The van der Waals surface area contributed by atoms with Gasteiger partial charge >= 0.3 is 0 Å². The molecule has 2 nitrogen and oxygen atoms in total. The molecule has 0 fully saturated rings. The van der Waals surface area contributed by atoms with Crippen LogP contribution >= 0.6 is 27.5 Å². The minimum Gasteiger partial charge on any atom is -0.457 e. The number of ether oxygens (including phenoxy) is 1. The molecule has 0 aliphatic carbocycles. The molecule has 2 aromatic carbocycles. The van der Waals surface area contributed by atoms with Crippen molar-refractivity contribution in [2.75, 3.05) is 0 Å². The van der Waals surface area contributed by atoms with Crippen LogP contribution in [0.1, 0.15) is 5.69 Å². The maximum atomic E-state index is 5.99. The second-order valence-corrected chi connectivity index (χ2v) is 5.50. The highest BCUT2D eigenvalue weighted by Gasteiger charge is 2.07. The number of aromatic nitrogens is 1. The number of nitrogens with zero attached hydrogens (tertiary/aromatic N) is 1. The van der Waals surface area contributed by atoms with Crippen LogP contribution < -0.4 is 4.74 Å². The monoisotopic (exact) mass is 347 g/mol. The quantitative estimate of drug-likeness (QED) is 0.581. The van der Waals surface area contributed by atoms with E-state index in [1.54, 1.807) is 0 Å². The molecule has 0 unspecified atom stereocenters. The Hall–Kier alpha value is -1.58. The van der Waals surface area contributed by atoms with Crippen LogP contribution in [0.4, 0.5) is 0 Å². The summed E-state index contributed by atoms with van der Waals surface area (Å²) in [5.74, 6) is 1.90. The van der Waals surface area contributed by atoms with E-state index in [4.69, 9.17) is 16.3 Å². The van der Waals surface area contributed by atoms with Crippen LogP contribution in [-0.2, 0) is 5.88 Å². The van der Waals surface area contributed by atoms with Crippen molar-refractivity contribution in [3.8, 4) is 11.5 Å². The van der Waals surface area contributed by atoms with Gasteiger partial charge in [-0.15, -0.1) is 11.6 Å². The zero-order valence-corrected chi connectivity index (χ0v) is 12.9. The molecule has 1 heterocycles. The van der Waals surface area contributed by atoms with E-state index in [-0.39, 0.29) is 0 Å². The van der Waals surface area contributed by atoms with Crippen LogP contribution in [0.15, 0.2) is 59.1 Å². The molecule has 3 aromatic rings. The zero-order valence-electron chi connectivity index (χ0n) is 10.5. The molecule has 0 saturated carbocycles. The molecule has 0 saturated heterocycles. The number of alkyl halides is 1. The minimum atomic E-state index is 0.361. The summed E-state index contributed by atoms with van der Waals surface area (Å²) in [6.07, 6.45) is 0. The van der Waals surface area contributed by atoms with Crippen LogP contribution in [0.25, 0.3) is 10.9 Å². The first-order valence-electron chi connectivity index (χ1n) is 6.14. The molecule has 100 valence electrons. The lowest BCUT2D eigenvalue weighted by molar-refractivity contribution is 0.487. The van der Waals surface area contributed by atoms with Crippen LogP contribution in [0, 0.1) is 0 Å². The second-order valence-electron chi connectivity index (χ2n) is 4.32. The Kier molecular flexibility index (Phi) is 3.90. The van der Waals surface area contributed by atoms with Crippen molar-refractivity contribution in [1.82, 2.24) is 4.98 Å². The largest absolute Gasteiger partial charge is 0.457 e. The number of rotatable bonds is 3. The van der Waals surface area contributed by atoms with Gasteiger partial charge in [0.15, 0.2) is 0 Å². The standard InChI is InChI=1S/C16H11BrClNO/c17-11-4-3-5-13(8-11)20-16-9-12(10-18)19-15-7-2-1-6-14(15)16/h1-9H,10H2. The molecule has 0 spiro atoms. The van der Waals surface area contributed by atoms with Crippen molar-refractivity contribution in [2.24, 2.45) is 0 Å². The Labute approximate surface area is 130 Å². The first-order chi connectivity index (χ1) is 9.76. The fourth-order valence-corrected chi connectivity index (χ4v) is 2.52. The number of hydrogen-bond donors (Lipinski definition) is 0. The Morgan fingerprint density at radius 2 is 1.90 bits per heavy atom. The molecule has 1 aromatic heterocycles. The predicted molar refractivity (Wildman–Crippen MR) is 85.5 cm³/mol. The van der Waals surface area contributed by atoms with Gasteiger partial charge in [-0.1, -0.05) is 34.1 Å². The van der Waals surface area contributed by atoms with Crippen molar-refractivity contribution in [1.29, 1.82) is 0 Å². The average molecular weight is 349 g/mol. The minimum absolute atomic E-state index is 0.361. The Morgan fingerprint density at radius 3 is 2.70 bits per heavy atom. The summed E-state index contributed by atoms with van der Waals surface area (Å²) in [5, 5.41) is 0.973. The summed E-state index contributed by atoms with van der Waals surface area (Å²) in [6.45, 7) is 0. The van der Waals surface area contributed by atoms with Crippen molar-refractivity contribution >= 4 is 38.4 Å². The van der Waals surface area contributed by atoms with E-state index >= 15 is 0 Å². The van der Waals surface area contributed by atoms with Crippen LogP contribution in [0.5, 0.6) is 11.5 Å². The van der Waals surface area contributed by atoms with Gasteiger partial charge in [-0.3, -0.25) is 4.98 Å². The van der Waals surface area contributed by atoms with Crippen LogP contribution in [-0.4, -0.2) is 4.98 Å². The van der Waals surface area contributed by atoms with Crippen molar-refractivity contribution in [2.45, 2.75) is 5.88 Å². The first kappa shape index (κ1) is 13.4. The molecule has 4 heteroatoms. The fraction of sp³-hybridized carbons (Fsp3) is 0.0625. The lowest BCUT2D eigenvalue weighted by Gasteiger charge is -2.10. The van der Waals surface area contributed by atoms with E-state index in [0.717, 1.165) is 32.6 Å². The third-order valence-electron chi connectivity index (χ3n) is 2.89.